The number of carbonyl (C=O) groups is 2. The Bertz CT molecular complexity index is 800. The van der Waals surface area contributed by atoms with E-state index < -0.39 is 5.97 Å². The predicted molar refractivity (Wildman–Crippen MR) is 94.8 cm³/mol. The van der Waals surface area contributed by atoms with Crippen molar-refractivity contribution in [2.45, 2.75) is 25.4 Å². The van der Waals surface area contributed by atoms with Crippen molar-refractivity contribution in [1.82, 2.24) is 0 Å². The first-order valence-electron chi connectivity index (χ1n) is 8.44. The minimum atomic E-state index is -0.396. The van der Waals surface area contributed by atoms with Crippen molar-refractivity contribution in [3.63, 3.8) is 0 Å². The third kappa shape index (κ3) is 3.32. The summed E-state index contributed by atoms with van der Waals surface area (Å²) in [6, 6.07) is 9.91. The second-order valence-corrected chi connectivity index (χ2v) is 7.16. The Morgan fingerprint density at radius 1 is 1.20 bits per heavy atom. The van der Waals surface area contributed by atoms with Gasteiger partial charge in [-0.1, -0.05) is 18.2 Å². The number of ether oxygens (including phenoxy) is 2. The number of rotatable bonds is 4. The summed E-state index contributed by atoms with van der Waals surface area (Å²) >= 11 is 1.60. The number of amides is 1. The lowest BCUT2D eigenvalue weighted by atomic mass is 10.1. The largest absolute Gasteiger partial charge is 0.455 e. The lowest BCUT2D eigenvalue weighted by molar-refractivity contribution is -0.150. The molecule has 0 spiro atoms. The number of nitrogens with zero attached hydrogens (tertiary/aromatic N) is 1. The van der Waals surface area contributed by atoms with Gasteiger partial charge in [0.15, 0.2) is 6.61 Å². The van der Waals surface area contributed by atoms with Crippen LogP contribution in [0.1, 0.15) is 28.5 Å². The standard InChI is InChI=1S/C19H19NO4S/c21-17(20-8-5-13-3-1-2-4-15(13)20)12-24-18(22)11-16-19-14(6-9-23-16)7-10-25-19/h1-4,7,10,16H,5-6,8-9,11-12H2/t16-/m0/s1. The average Bonchev–Trinajstić information content (AvgIpc) is 3.27. The molecular weight excluding hydrogens is 338 g/mol. The van der Waals surface area contributed by atoms with E-state index in [4.69, 9.17) is 9.47 Å². The fourth-order valence-electron chi connectivity index (χ4n) is 3.40. The number of anilines is 1. The summed E-state index contributed by atoms with van der Waals surface area (Å²) in [5, 5.41) is 2.02. The van der Waals surface area contributed by atoms with Gasteiger partial charge >= 0.3 is 5.97 Å². The second kappa shape index (κ2) is 6.98. The molecule has 2 aliphatic rings. The van der Waals surface area contributed by atoms with Gasteiger partial charge in [0, 0.05) is 17.1 Å². The van der Waals surface area contributed by atoms with Gasteiger partial charge < -0.3 is 14.4 Å². The summed E-state index contributed by atoms with van der Waals surface area (Å²) in [4.78, 5) is 27.3. The highest BCUT2D eigenvalue weighted by Crippen LogP contribution is 2.34. The van der Waals surface area contributed by atoms with Gasteiger partial charge in [0.2, 0.25) is 0 Å². The van der Waals surface area contributed by atoms with Gasteiger partial charge in [0.05, 0.1) is 13.0 Å². The van der Waals surface area contributed by atoms with Crippen molar-refractivity contribution < 1.29 is 19.1 Å². The van der Waals surface area contributed by atoms with Gasteiger partial charge in [-0.3, -0.25) is 9.59 Å². The number of hydrogen-bond donors (Lipinski definition) is 0. The van der Waals surface area contributed by atoms with Crippen LogP contribution in [-0.2, 0) is 31.9 Å². The van der Waals surface area contributed by atoms with Crippen LogP contribution >= 0.6 is 11.3 Å². The molecule has 0 bridgehead atoms. The van der Waals surface area contributed by atoms with Crippen LogP contribution in [0.2, 0.25) is 0 Å². The first kappa shape index (κ1) is 16.3. The maximum atomic E-state index is 12.4. The molecule has 25 heavy (non-hydrogen) atoms. The van der Waals surface area contributed by atoms with E-state index in [1.165, 1.54) is 5.56 Å². The highest BCUT2D eigenvalue weighted by Gasteiger charge is 2.27. The molecule has 0 fully saturated rings. The van der Waals surface area contributed by atoms with Crippen LogP contribution in [0.3, 0.4) is 0 Å². The molecule has 4 rings (SSSR count). The van der Waals surface area contributed by atoms with Crippen molar-refractivity contribution in [2.75, 3.05) is 24.7 Å². The fourth-order valence-corrected chi connectivity index (χ4v) is 4.41. The Morgan fingerprint density at radius 3 is 3.00 bits per heavy atom. The molecule has 1 aromatic heterocycles. The van der Waals surface area contributed by atoms with E-state index in [0.717, 1.165) is 29.0 Å². The van der Waals surface area contributed by atoms with E-state index in [1.54, 1.807) is 16.2 Å². The van der Waals surface area contributed by atoms with Crippen molar-refractivity contribution in [3.05, 3.63) is 51.7 Å². The monoisotopic (exact) mass is 357 g/mol. The van der Waals surface area contributed by atoms with Crippen LogP contribution in [0.15, 0.2) is 35.7 Å². The van der Waals surface area contributed by atoms with E-state index in [9.17, 15) is 9.59 Å². The summed E-state index contributed by atoms with van der Waals surface area (Å²) in [6.45, 7) is 1.03. The minimum Gasteiger partial charge on any atom is -0.455 e. The van der Waals surface area contributed by atoms with E-state index in [1.807, 2.05) is 29.6 Å². The van der Waals surface area contributed by atoms with E-state index in [-0.39, 0.29) is 25.0 Å². The molecule has 1 aromatic carbocycles. The number of benzene rings is 1. The summed E-state index contributed by atoms with van der Waals surface area (Å²) in [5.41, 5.74) is 3.32. The predicted octanol–water partition coefficient (Wildman–Crippen LogP) is 2.88. The van der Waals surface area contributed by atoms with Crippen molar-refractivity contribution >= 4 is 28.9 Å². The zero-order chi connectivity index (χ0) is 17.2. The zero-order valence-corrected chi connectivity index (χ0v) is 14.6. The topological polar surface area (TPSA) is 55.8 Å². The first-order chi connectivity index (χ1) is 12.2. The van der Waals surface area contributed by atoms with Crippen LogP contribution < -0.4 is 4.90 Å². The van der Waals surface area contributed by atoms with Crippen molar-refractivity contribution in [1.29, 1.82) is 0 Å². The molecule has 0 unspecified atom stereocenters. The Balaban J connectivity index is 1.32. The van der Waals surface area contributed by atoms with E-state index in [2.05, 4.69) is 6.07 Å². The van der Waals surface area contributed by atoms with Gasteiger partial charge in [-0.25, -0.2) is 0 Å². The Kier molecular flexibility index (Phi) is 4.55. The van der Waals surface area contributed by atoms with Gasteiger partial charge in [-0.15, -0.1) is 11.3 Å². The summed E-state index contributed by atoms with van der Waals surface area (Å²) < 4.78 is 10.9. The van der Waals surface area contributed by atoms with Gasteiger partial charge in [0.25, 0.3) is 5.91 Å². The summed E-state index contributed by atoms with van der Waals surface area (Å²) in [7, 11) is 0. The van der Waals surface area contributed by atoms with Crippen molar-refractivity contribution in [2.24, 2.45) is 0 Å². The highest BCUT2D eigenvalue weighted by atomic mass is 32.1. The molecule has 0 saturated carbocycles. The molecule has 0 N–H and O–H groups in total. The smallest absolute Gasteiger partial charge is 0.309 e. The molecule has 2 aliphatic heterocycles. The number of para-hydroxylation sites is 1. The minimum absolute atomic E-state index is 0.150. The third-order valence-corrected chi connectivity index (χ3v) is 5.71. The van der Waals surface area contributed by atoms with E-state index in [0.29, 0.717) is 13.2 Å². The molecule has 3 heterocycles. The van der Waals surface area contributed by atoms with Crippen LogP contribution in [0.4, 0.5) is 5.69 Å². The fraction of sp³-hybridized carbons (Fsp3) is 0.368. The maximum absolute atomic E-state index is 12.4. The SMILES string of the molecule is O=C(C[C@@H]1OCCc2ccsc21)OCC(=O)N1CCc2ccccc21. The van der Waals surface area contributed by atoms with Crippen LogP contribution in [0.25, 0.3) is 0 Å². The molecule has 2 aromatic rings. The maximum Gasteiger partial charge on any atom is 0.309 e. The quantitative estimate of drug-likeness (QED) is 0.790. The summed E-state index contributed by atoms with van der Waals surface area (Å²) in [6.07, 6.45) is 1.63. The number of hydrogen-bond acceptors (Lipinski definition) is 5. The number of fused-ring (bicyclic) bond motifs is 2. The lowest BCUT2D eigenvalue weighted by Gasteiger charge is -2.22. The van der Waals surface area contributed by atoms with E-state index >= 15 is 0 Å². The van der Waals surface area contributed by atoms with Crippen LogP contribution in [-0.4, -0.2) is 31.6 Å². The molecule has 130 valence electrons. The van der Waals surface area contributed by atoms with Crippen LogP contribution in [0, 0.1) is 0 Å². The number of carbonyl (C=O) groups excluding carboxylic acids is 2. The number of esters is 1. The Morgan fingerprint density at radius 2 is 2.08 bits per heavy atom. The normalized spacial score (nSPS) is 18.6. The summed E-state index contributed by atoms with van der Waals surface area (Å²) in [5.74, 6) is -0.577. The molecule has 6 heteroatoms. The molecule has 0 radical (unpaired) electrons. The Hall–Kier alpha value is -2.18. The number of thiophene rings is 1. The molecule has 5 nitrogen and oxygen atoms in total. The highest BCUT2D eigenvalue weighted by molar-refractivity contribution is 7.10. The first-order valence-corrected chi connectivity index (χ1v) is 9.32. The van der Waals surface area contributed by atoms with Gasteiger partial charge in [-0.2, -0.15) is 0 Å². The van der Waals surface area contributed by atoms with Crippen molar-refractivity contribution in [3.8, 4) is 0 Å². The average molecular weight is 357 g/mol. The Labute approximate surface area is 150 Å². The molecule has 1 amide bonds. The van der Waals surface area contributed by atoms with Crippen LogP contribution in [0.5, 0.6) is 0 Å². The lowest BCUT2D eigenvalue weighted by Crippen LogP contribution is -2.33. The van der Waals surface area contributed by atoms with Gasteiger partial charge in [-0.05, 0) is 41.5 Å². The molecular formula is C19H19NO4S. The zero-order valence-electron chi connectivity index (χ0n) is 13.8. The second-order valence-electron chi connectivity index (χ2n) is 6.21. The van der Waals surface area contributed by atoms with Gasteiger partial charge in [0.1, 0.15) is 6.10 Å². The molecule has 0 aliphatic carbocycles. The molecule has 1 atom stereocenters. The molecule has 0 saturated heterocycles. The third-order valence-electron chi connectivity index (χ3n) is 4.66.